The first kappa shape index (κ1) is 8.25. The fourth-order valence-corrected chi connectivity index (χ4v) is 1.57. The van der Waals surface area contributed by atoms with Gasteiger partial charge in [-0.2, -0.15) is 16.3 Å². The van der Waals surface area contributed by atoms with Crippen LogP contribution in [-0.4, -0.2) is 10.1 Å². The van der Waals surface area contributed by atoms with E-state index in [0.717, 1.165) is 5.69 Å². The van der Waals surface area contributed by atoms with E-state index in [2.05, 4.69) is 15.5 Å². The third-order valence-electron chi connectivity index (χ3n) is 1.54. The van der Waals surface area contributed by atoms with E-state index in [0.29, 0.717) is 18.3 Å². The number of hydrogen-bond acceptors (Lipinski definition) is 5. The molecule has 2 rings (SSSR count). The number of thiophene rings is 1. The standard InChI is InChI=1S/C8H9N3OS/c1-6-10-8(11-12-6)4-9-7-2-3-13-5-7/h2-3,5,9H,4H2,1H3. The summed E-state index contributed by atoms with van der Waals surface area (Å²) >= 11 is 1.65. The van der Waals surface area contributed by atoms with Crippen molar-refractivity contribution in [3.05, 3.63) is 28.5 Å². The summed E-state index contributed by atoms with van der Waals surface area (Å²) in [6.45, 7) is 2.38. The smallest absolute Gasteiger partial charge is 0.223 e. The topological polar surface area (TPSA) is 51.0 Å². The Labute approximate surface area is 79.6 Å². The summed E-state index contributed by atoms with van der Waals surface area (Å²) in [6.07, 6.45) is 0. The minimum Gasteiger partial charge on any atom is -0.377 e. The van der Waals surface area contributed by atoms with Crippen molar-refractivity contribution in [1.82, 2.24) is 10.1 Å². The molecule has 0 atom stereocenters. The third kappa shape index (κ3) is 2.06. The number of aryl methyl sites for hydroxylation is 1. The van der Waals surface area contributed by atoms with Gasteiger partial charge in [0.05, 0.1) is 6.54 Å². The van der Waals surface area contributed by atoms with Crippen LogP contribution in [0.15, 0.2) is 21.3 Å². The molecule has 0 bridgehead atoms. The first-order valence-electron chi connectivity index (χ1n) is 3.90. The fourth-order valence-electron chi connectivity index (χ4n) is 0.959. The Bertz CT molecular complexity index is 368. The summed E-state index contributed by atoms with van der Waals surface area (Å²) in [6, 6.07) is 2.01. The molecule has 2 aromatic heterocycles. The lowest BCUT2D eigenvalue weighted by atomic mass is 10.5. The average molecular weight is 195 g/mol. The van der Waals surface area contributed by atoms with E-state index in [1.807, 2.05) is 16.8 Å². The monoisotopic (exact) mass is 195 g/mol. The quantitative estimate of drug-likeness (QED) is 0.814. The Hall–Kier alpha value is -1.36. The predicted molar refractivity (Wildman–Crippen MR) is 50.7 cm³/mol. The number of nitrogens with one attached hydrogen (secondary N) is 1. The number of aromatic nitrogens is 2. The molecule has 0 aliphatic carbocycles. The minimum absolute atomic E-state index is 0.599. The predicted octanol–water partition coefficient (Wildman–Crippen LogP) is 2.05. The van der Waals surface area contributed by atoms with Crippen LogP contribution >= 0.6 is 11.3 Å². The van der Waals surface area contributed by atoms with Gasteiger partial charge in [-0.15, -0.1) is 0 Å². The molecule has 2 heterocycles. The largest absolute Gasteiger partial charge is 0.377 e. The Morgan fingerprint density at radius 2 is 2.54 bits per heavy atom. The zero-order valence-corrected chi connectivity index (χ0v) is 7.97. The van der Waals surface area contributed by atoms with Crippen LogP contribution in [0.4, 0.5) is 5.69 Å². The number of anilines is 1. The van der Waals surface area contributed by atoms with E-state index < -0.39 is 0 Å². The van der Waals surface area contributed by atoms with Gasteiger partial charge >= 0.3 is 0 Å². The second-order valence-electron chi connectivity index (χ2n) is 2.60. The van der Waals surface area contributed by atoms with Crippen LogP contribution in [-0.2, 0) is 6.54 Å². The molecule has 68 valence electrons. The van der Waals surface area contributed by atoms with Crippen LogP contribution in [0.25, 0.3) is 0 Å². The molecule has 13 heavy (non-hydrogen) atoms. The Morgan fingerprint density at radius 1 is 1.62 bits per heavy atom. The van der Waals surface area contributed by atoms with Gasteiger partial charge in [0.25, 0.3) is 0 Å². The molecular weight excluding hydrogens is 186 g/mol. The summed E-state index contributed by atoms with van der Waals surface area (Å²) in [7, 11) is 0. The highest BCUT2D eigenvalue weighted by molar-refractivity contribution is 7.08. The van der Waals surface area contributed by atoms with Crippen molar-refractivity contribution in [2.24, 2.45) is 0 Å². The third-order valence-corrected chi connectivity index (χ3v) is 2.22. The summed E-state index contributed by atoms with van der Waals surface area (Å²) in [5, 5.41) is 11.0. The van der Waals surface area contributed by atoms with Crippen LogP contribution in [0, 0.1) is 6.92 Å². The average Bonchev–Trinajstić information content (AvgIpc) is 2.71. The molecule has 0 amide bonds. The normalized spacial score (nSPS) is 10.2. The van der Waals surface area contributed by atoms with Gasteiger partial charge in [-0.25, -0.2) is 0 Å². The van der Waals surface area contributed by atoms with Gasteiger partial charge in [-0.1, -0.05) is 5.16 Å². The zero-order valence-electron chi connectivity index (χ0n) is 7.15. The second kappa shape index (κ2) is 3.57. The summed E-state index contributed by atoms with van der Waals surface area (Å²) < 4.78 is 4.84. The van der Waals surface area contributed by atoms with E-state index >= 15 is 0 Å². The lowest BCUT2D eigenvalue weighted by molar-refractivity contribution is 0.388. The van der Waals surface area contributed by atoms with Crippen LogP contribution < -0.4 is 5.32 Å². The fraction of sp³-hybridized carbons (Fsp3) is 0.250. The molecule has 0 aromatic carbocycles. The number of hydrogen-bond donors (Lipinski definition) is 1. The van der Waals surface area contributed by atoms with E-state index in [9.17, 15) is 0 Å². The van der Waals surface area contributed by atoms with Gasteiger partial charge in [0, 0.05) is 18.0 Å². The lowest BCUT2D eigenvalue weighted by Gasteiger charge is -1.97. The molecular formula is C8H9N3OS. The van der Waals surface area contributed by atoms with E-state index in [1.54, 1.807) is 18.3 Å². The molecule has 2 aromatic rings. The second-order valence-corrected chi connectivity index (χ2v) is 3.38. The van der Waals surface area contributed by atoms with Crippen molar-refractivity contribution in [3.8, 4) is 0 Å². The molecule has 0 saturated heterocycles. The first-order chi connectivity index (χ1) is 6.34. The SMILES string of the molecule is Cc1nc(CNc2ccsc2)no1. The number of nitrogens with zero attached hydrogens (tertiary/aromatic N) is 2. The van der Waals surface area contributed by atoms with Crippen molar-refractivity contribution in [1.29, 1.82) is 0 Å². The summed E-state index contributed by atoms with van der Waals surface area (Å²) in [5.74, 6) is 1.28. The maximum Gasteiger partial charge on any atom is 0.223 e. The van der Waals surface area contributed by atoms with Gasteiger partial charge in [0.15, 0.2) is 5.82 Å². The molecule has 0 spiro atoms. The molecule has 0 aliphatic heterocycles. The molecule has 0 radical (unpaired) electrons. The van der Waals surface area contributed by atoms with Crippen molar-refractivity contribution in [2.45, 2.75) is 13.5 Å². The lowest BCUT2D eigenvalue weighted by Crippen LogP contribution is -1.99. The highest BCUT2D eigenvalue weighted by Gasteiger charge is 2.00. The minimum atomic E-state index is 0.599. The van der Waals surface area contributed by atoms with Crippen LogP contribution in [0.3, 0.4) is 0 Å². The van der Waals surface area contributed by atoms with Gasteiger partial charge in [0.1, 0.15) is 0 Å². The maximum absolute atomic E-state index is 4.84. The van der Waals surface area contributed by atoms with Crippen LogP contribution in [0.5, 0.6) is 0 Å². The van der Waals surface area contributed by atoms with Crippen molar-refractivity contribution >= 4 is 17.0 Å². The Balaban J connectivity index is 1.93. The Kier molecular flexibility index (Phi) is 2.27. The van der Waals surface area contributed by atoms with E-state index in [4.69, 9.17) is 4.52 Å². The van der Waals surface area contributed by atoms with Crippen molar-refractivity contribution in [3.63, 3.8) is 0 Å². The maximum atomic E-state index is 4.84. The summed E-state index contributed by atoms with van der Waals surface area (Å²) in [4.78, 5) is 4.07. The molecule has 0 saturated carbocycles. The van der Waals surface area contributed by atoms with Gasteiger partial charge in [0.2, 0.25) is 5.89 Å². The summed E-state index contributed by atoms with van der Waals surface area (Å²) in [5.41, 5.74) is 1.09. The Morgan fingerprint density at radius 3 is 3.15 bits per heavy atom. The van der Waals surface area contributed by atoms with Crippen molar-refractivity contribution < 1.29 is 4.52 Å². The van der Waals surface area contributed by atoms with Gasteiger partial charge < -0.3 is 9.84 Å². The molecule has 5 heteroatoms. The van der Waals surface area contributed by atoms with E-state index in [-0.39, 0.29) is 0 Å². The highest BCUT2D eigenvalue weighted by Crippen LogP contribution is 2.12. The first-order valence-corrected chi connectivity index (χ1v) is 4.84. The van der Waals surface area contributed by atoms with Gasteiger partial charge in [-0.3, -0.25) is 0 Å². The number of rotatable bonds is 3. The zero-order chi connectivity index (χ0) is 9.10. The molecule has 4 nitrogen and oxygen atoms in total. The van der Waals surface area contributed by atoms with Crippen LogP contribution in [0.1, 0.15) is 11.7 Å². The van der Waals surface area contributed by atoms with E-state index in [1.165, 1.54) is 0 Å². The molecule has 0 fully saturated rings. The highest BCUT2D eigenvalue weighted by atomic mass is 32.1. The molecule has 1 N–H and O–H groups in total. The van der Waals surface area contributed by atoms with Crippen LogP contribution in [0.2, 0.25) is 0 Å². The van der Waals surface area contributed by atoms with Crippen molar-refractivity contribution in [2.75, 3.05) is 5.32 Å². The molecule has 0 aliphatic rings. The van der Waals surface area contributed by atoms with Gasteiger partial charge in [-0.05, 0) is 11.4 Å². The molecule has 0 unspecified atom stereocenters.